The third-order valence-corrected chi connectivity index (χ3v) is 17.0. The van der Waals surface area contributed by atoms with Crippen molar-refractivity contribution in [2.75, 3.05) is 44.4 Å². The van der Waals surface area contributed by atoms with Gasteiger partial charge in [-0.05, 0) is 78.0 Å². The molecule has 8 heterocycles. The van der Waals surface area contributed by atoms with Crippen LogP contribution < -0.4 is 25.0 Å². The number of carbonyl (C=O) groups is 2. The van der Waals surface area contributed by atoms with E-state index in [-0.39, 0.29) is 66.5 Å². The number of aliphatic hydroxyl groups is 2. The maximum absolute atomic E-state index is 16.2. The summed E-state index contributed by atoms with van der Waals surface area (Å²) in [6, 6.07) is 15.3. The quantitative estimate of drug-likeness (QED) is 0.0586. The van der Waals surface area contributed by atoms with Crippen LogP contribution in [0, 0.1) is 30.3 Å². The number of benzene rings is 4. The molecular formula is C61H63F3N12O7. The predicted molar refractivity (Wildman–Crippen MR) is 301 cm³/mol. The van der Waals surface area contributed by atoms with E-state index < -0.39 is 54.3 Å². The van der Waals surface area contributed by atoms with Crippen LogP contribution in [0.25, 0.3) is 55.3 Å². The Hall–Kier alpha value is -8.05. The molecule has 0 spiro atoms. The number of likely N-dealkylation sites (tertiary alicyclic amines) is 1. The van der Waals surface area contributed by atoms with Gasteiger partial charge >= 0.3 is 6.01 Å². The Morgan fingerprint density at radius 1 is 0.880 bits per heavy atom. The smallest absolute Gasteiger partial charge is 0.319 e. The zero-order valence-electron chi connectivity index (χ0n) is 46.1. The van der Waals surface area contributed by atoms with Crippen molar-refractivity contribution in [3.8, 4) is 45.3 Å². The van der Waals surface area contributed by atoms with E-state index in [0.717, 1.165) is 78.0 Å². The maximum Gasteiger partial charge on any atom is 0.319 e. The average molecular weight is 1130 g/mol. The number of rotatable bonds is 17. The van der Waals surface area contributed by atoms with Crippen LogP contribution in [0.4, 0.5) is 19.0 Å². The molecule has 4 saturated heterocycles. The van der Waals surface area contributed by atoms with Gasteiger partial charge in [0.15, 0.2) is 17.4 Å². The minimum atomic E-state index is -1.08. The van der Waals surface area contributed by atoms with Gasteiger partial charge in [0.1, 0.15) is 47.6 Å². The fourth-order valence-electron chi connectivity index (χ4n) is 12.6. The van der Waals surface area contributed by atoms with Crippen molar-refractivity contribution in [2.24, 2.45) is 5.92 Å². The van der Waals surface area contributed by atoms with E-state index in [2.05, 4.69) is 47.1 Å². The molecule has 1 aliphatic carbocycles. The van der Waals surface area contributed by atoms with Crippen molar-refractivity contribution >= 4 is 39.4 Å². The van der Waals surface area contributed by atoms with Gasteiger partial charge in [0.05, 0.1) is 67.8 Å². The van der Waals surface area contributed by atoms with E-state index in [0.29, 0.717) is 76.8 Å². The molecule has 5 N–H and O–H groups in total. The Balaban J connectivity index is 0.778. The molecule has 0 unspecified atom stereocenters. The number of anilines is 1. The van der Waals surface area contributed by atoms with E-state index in [1.807, 2.05) is 38.1 Å². The monoisotopic (exact) mass is 1130 g/mol. The predicted octanol–water partition coefficient (Wildman–Crippen LogP) is 7.79. The number of aliphatic hydroxyl groups excluding tert-OH is 2. The molecule has 5 fully saturated rings. The fraction of sp³-hybridized carbons (Fsp3) is 0.410. The first kappa shape index (κ1) is 54.2. The van der Waals surface area contributed by atoms with Crippen LogP contribution >= 0.6 is 0 Å². The first-order chi connectivity index (χ1) is 40.3. The Morgan fingerprint density at radius 2 is 1.64 bits per heavy atom. The van der Waals surface area contributed by atoms with Crippen molar-refractivity contribution < 1.29 is 47.2 Å². The standard InChI is InChI=1S/C61H63F3N12O7/c1-31(2)56(60(80)75-27-40(78)19-51(75)59(79)68-50(29-77)36-10-12-37(13-11-36)53-46(63)24-65-25-47(53)64)76-28-49(72-73-76)35-6-4-33(5-7-35)30-82-57-54(52-32(3)45(62)21-48-44(52)23-67-71-48)42(34-8-9-34)20-43-55(57)69-61(83-41-14-16-81-17-15-41)70-58(43)74-26-38-18-39(74)22-66-38/h4-7,10-13,20-21,23-25,28,31,34,38-41,50-51,56,66,77-78H,8-9,14-19,22,26-27,29-30H2,1-3H3,(H,67,71)(H,68,79)/t38-,39-,40+,50-,51-,56-/m0/s1. The molecule has 4 aliphatic heterocycles. The van der Waals surface area contributed by atoms with Crippen LogP contribution in [-0.2, 0) is 20.9 Å². The Bertz CT molecular complexity index is 3740. The van der Waals surface area contributed by atoms with Crippen molar-refractivity contribution in [2.45, 2.75) is 114 Å². The van der Waals surface area contributed by atoms with Crippen molar-refractivity contribution in [1.29, 1.82) is 0 Å². The van der Waals surface area contributed by atoms with Gasteiger partial charge in [-0.15, -0.1) is 5.10 Å². The van der Waals surface area contributed by atoms with Crippen LogP contribution in [0.1, 0.15) is 92.6 Å². The van der Waals surface area contributed by atoms with Crippen LogP contribution in [0.3, 0.4) is 0 Å². The molecule has 4 aromatic carbocycles. The summed E-state index contributed by atoms with van der Waals surface area (Å²) in [5.74, 6) is -1.91. The molecule has 83 heavy (non-hydrogen) atoms. The average Bonchev–Trinajstić information content (AvgIpc) is 3.59. The third-order valence-electron chi connectivity index (χ3n) is 17.0. The summed E-state index contributed by atoms with van der Waals surface area (Å²) in [6.45, 7) is 7.79. The Morgan fingerprint density at radius 3 is 2.34 bits per heavy atom. The number of pyridine rings is 1. The van der Waals surface area contributed by atoms with Gasteiger partial charge < -0.3 is 44.9 Å². The van der Waals surface area contributed by atoms with Gasteiger partial charge in [-0.25, -0.2) is 17.9 Å². The first-order valence-electron chi connectivity index (χ1n) is 28.5. The summed E-state index contributed by atoms with van der Waals surface area (Å²) in [7, 11) is 0. The number of aromatic nitrogens is 8. The van der Waals surface area contributed by atoms with Gasteiger partial charge in [-0.3, -0.25) is 19.7 Å². The minimum absolute atomic E-state index is 0.0426. The largest absolute Gasteiger partial charge is 0.486 e. The molecule has 5 aliphatic rings. The molecule has 6 atom stereocenters. The summed E-state index contributed by atoms with van der Waals surface area (Å²) >= 11 is 0. The summed E-state index contributed by atoms with van der Waals surface area (Å²) in [4.78, 5) is 46.3. The van der Waals surface area contributed by atoms with E-state index in [1.54, 1.807) is 31.5 Å². The van der Waals surface area contributed by atoms with Gasteiger partial charge in [0.25, 0.3) is 0 Å². The number of amides is 2. The zero-order valence-corrected chi connectivity index (χ0v) is 46.1. The second kappa shape index (κ2) is 22.3. The topological polar surface area (TPSA) is 231 Å². The summed E-state index contributed by atoms with van der Waals surface area (Å²) in [6.07, 6.45) is 8.43. The van der Waals surface area contributed by atoms with E-state index in [9.17, 15) is 28.6 Å². The van der Waals surface area contributed by atoms with Gasteiger partial charge in [0.2, 0.25) is 11.8 Å². The molecule has 22 heteroatoms. The van der Waals surface area contributed by atoms with Crippen molar-refractivity contribution in [3.63, 3.8) is 0 Å². The number of aromatic amines is 1. The number of piperazine rings is 1. The normalized spacial score (nSPS) is 20.7. The van der Waals surface area contributed by atoms with Crippen LogP contribution in [0.15, 0.2) is 85.5 Å². The molecule has 430 valence electrons. The molecule has 4 aromatic heterocycles. The van der Waals surface area contributed by atoms with Crippen LogP contribution in [0.5, 0.6) is 11.8 Å². The highest BCUT2D eigenvalue weighted by atomic mass is 19.1. The highest BCUT2D eigenvalue weighted by molar-refractivity contribution is 6.06. The van der Waals surface area contributed by atoms with E-state index in [1.165, 1.54) is 27.8 Å². The second-order valence-corrected chi connectivity index (χ2v) is 22.9. The lowest BCUT2D eigenvalue weighted by atomic mass is 9.88. The molecule has 19 nitrogen and oxygen atoms in total. The Labute approximate surface area is 475 Å². The number of fused-ring (bicyclic) bond motifs is 4. The number of halogens is 3. The van der Waals surface area contributed by atoms with E-state index >= 15 is 4.39 Å². The number of hydrogen-bond donors (Lipinski definition) is 5. The van der Waals surface area contributed by atoms with Crippen LogP contribution in [0.2, 0.25) is 0 Å². The van der Waals surface area contributed by atoms with Gasteiger partial charge in [0, 0.05) is 78.4 Å². The second-order valence-electron chi connectivity index (χ2n) is 22.9. The minimum Gasteiger partial charge on any atom is -0.486 e. The molecular weight excluding hydrogens is 1070 g/mol. The highest BCUT2D eigenvalue weighted by Crippen LogP contribution is 2.54. The van der Waals surface area contributed by atoms with Gasteiger partial charge in [-0.1, -0.05) is 67.6 Å². The number of H-pyrrole nitrogens is 1. The third kappa shape index (κ3) is 10.4. The lowest BCUT2D eigenvalue weighted by Crippen LogP contribution is -2.50. The lowest BCUT2D eigenvalue weighted by Gasteiger charge is -2.31. The number of nitrogens with one attached hydrogen (secondary N) is 3. The summed E-state index contributed by atoms with van der Waals surface area (Å²) in [5.41, 5.74) is 6.57. The highest BCUT2D eigenvalue weighted by Gasteiger charge is 2.44. The maximum atomic E-state index is 16.2. The molecule has 8 aromatic rings. The SMILES string of the molecule is Cc1c(F)cc2[nH]ncc2c1-c1c(C2CC2)cc2c(N3C[C@@H]4C[C@H]3CN4)nc(OC3CCOCC3)nc2c1OCc1ccc(-c2cn([C@H](C(=O)N3C[C@H](O)C[C@H]3C(=O)N[C@@H](CO)c3ccc(-c4c(F)cncc4F)cc3)C(C)C)nn2)cc1. The molecule has 0 radical (unpaired) electrons. The molecule has 2 amide bonds. The zero-order chi connectivity index (χ0) is 57.2. The van der Waals surface area contributed by atoms with Crippen LogP contribution in [-0.4, -0.2) is 137 Å². The number of β-amino-alcohol motifs (C(OH)–C–C–N with tert-alkyl or cyclic N) is 1. The Kier molecular flexibility index (Phi) is 14.5. The number of carbonyl (C=O) groups excluding carboxylic acids is 2. The number of nitrogens with zero attached hydrogens (tertiary/aromatic N) is 9. The molecule has 2 bridgehead atoms. The number of ether oxygens (including phenoxy) is 3. The van der Waals surface area contributed by atoms with Crippen molar-refractivity contribution in [3.05, 3.63) is 125 Å². The van der Waals surface area contributed by atoms with Gasteiger partial charge in [-0.2, -0.15) is 15.1 Å². The summed E-state index contributed by atoms with van der Waals surface area (Å²) in [5, 5.41) is 45.6. The fourth-order valence-corrected chi connectivity index (χ4v) is 12.6. The van der Waals surface area contributed by atoms with Crippen molar-refractivity contribution in [1.82, 2.24) is 55.7 Å². The number of hydrogen-bond acceptors (Lipinski definition) is 15. The molecule has 1 saturated carbocycles. The first-order valence-corrected chi connectivity index (χ1v) is 28.5. The summed E-state index contributed by atoms with van der Waals surface area (Å²) < 4.78 is 66.0. The van der Waals surface area contributed by atoms with E-state index in [4.69, 9.17) is 24.2 Å². The molecule has 13 rings (SSSR count). The lowest BCUT2D eigenvalue weighted by molar-refractivity contribution is -0.142.